The lowest BCUT2D eigenvalue weighted by Gasteiger charge is -2.01. The fourth-order valence-corrected chi connectivity index (χ4v) is 1.75. The van der Waals surface area contributed by atoms with E-state index in [2.05, 4.69) is 9.97 Å². The summed E-state index contributed by atoms with van der Waals surface area (Å²) in [6.07, 6.45) is 3.14. The monoisotopic (exact) mass is 232 g/mol. The van der Waals surface area contributed by atoms with E-state index in [9.17, 15) is 0 Å². The second-order valence-corrected chi connectivity index (χ2v) is 3.60. The third-order valence-electron chi connectivity index (χ3n) is 1.63. The molecule has 13 heavy (non-hydrogen) atoms. The molecule has 0 N–H and O–H groups in total. The van der Waals surface area contributed by atoms with Crippen molar-refractivity contribution in [2.24, 2.45) is 0 Å². The number of aromatic nitrogens is 2. The number of halogens is 3. The maximum atomic E-state index is 5.89. The SMILES string of the molecule is Clc1cc2c(Cl)cncc2c(Cl)n1. The summed E-state index contributed by atoms with van der Waals surface area (Å²) < 4.78 is 0. The average Bonchev–Trinajstić information content (AvgIpc) is 2.07. The van der Waals surface area contributed by atoms with Crippen molar-refractivity contribution >= 4 is 45.6 Å². The molecule has 0 bridgehead atoms. The zero-order valence-electron chi connectivity index (χ0n) is 6.26. The van der Waals surface area contributed by atoms with Crippen molar-refractivity contribution in [1.29, 1.82) is 0 Å². The lowest BCUT2D eigenvalue weighted by molar-refractivity contribution is 1.32. The topological polar surface area (TPSA) is 25.8 Å². The van der Waals surface area contributed by atoms with E-state index in [0.29, 0.717) is 20.7 Å². The van der Waals surface area contributed by atoms with Gasteiger partial charge in [-0.3, -0.25) is 4.98 Å². The van der Waals surface area contributed by atoms with Gasteiger partial charge in [0.25, 0.3) is 0 Å². The van der Waals surface area contributed by atoms with E-state index in [1.165, 1.54) is 6.20 Å². The standard InChI is InChI=1S/C8H3Cl3N2/c9-6-3-12-2-5-4(6)1-7(10)13-8(5)11/h1-3H. The molecule has 66 valence electrons. The van der Waals surface area contributed by atoms with Crippen molar-refractivity contribution in [2.75, 3.05) is 0 Å². The summed E-state index contributed by atoms with van der Waals surface area (Å²) in [5.74, 6) is 0. The first-order chi connectivity index (χ1) is 6.18. The molecule has 0 aliphatic rings. The Morgan fingerprint density at radius 1 is 1.00 bits per heavy atom. The van der Waals surface area contributed by atoms with Gasteiger partial charge in [0.1, 0.15) is 10.3 Å². The fraction of sp³-hybridized carbons (Fsp3) is 0. The minimum Gasteiger partial charge on any atom is -0.262 e. The van der Waals surface area contributed by atoms with E-state index in [-0.39, 0.29) is 0 Å². The van der Waals surface area contributed by atoms with Gasteiger partial charge in [-0.2, -0.15) is 0 Å². The zero-order chi connectivity index (χ0) is 9.42. The molecule has 0 aromatic carbocycles. The van der Waals surface area contributed by atoms with Gasteiger partial charge in [-0.15, -0.1) is 0 Å². The number of hydrogen-bond acceptors (Lipinski definition) is 2. The molecule has 5 heteroatoms. The van der Waals surface area contributed by atoms with Gasteiger partial charge in [0.05, 0.1) is 5.02 Å². The molecule has 2 nitrogen and oxygen atoms in total. The molecule has 0 aliphatic heterocycles. The second-order valence-electron chi connectivity index (χ2n) is 2.45. The third-order valence-corrected chi connectivity index (χ3v) is 2.41. The molecule has 0 fully saturated rings. The van der Waals surface area contributed by atoms with Crippen molar-refractivity contribution in [2.45, 2.75) is 0 Å². The lowest BCUT2D eigenvalue weighted by atomic mass is 10.2. The van der Waals surface area contributed by atoms with Crippen molar-refractivity contribution in [3.8, 4) is 0 Å². The minimum atomic E-state index is 0.317. The summed E-state index contributed by atoms with van der Waals surface area (Å²) in [6.45, 7) is 0. The lowest BCUT2D eigenvalue weighted by Crippen LogP contribution is -1.83. The molecular formula is C8H3Cl3N2. The number of fused-ring (bicyclic) bond motifs is 1. The molecule has 2 rings (SSSR count). The Bertz CT molecular complexity index is 470. The summed E-state index contributed by atoms with van der Waals surface area (Å²) in [4.78, 5) is 7.78. The molecule has 2 aromatic heterocycles. The quantitative estimate of drug-likeness (QED) is 0.650. The van der Waals surface area contributed by atoms with Gasteiger partial charge < -0.3 is 0 Å². The van der Waals surface area contributed by atoms with E-state index >= 15 is 0 Å². The van der Waals surface area contributed by atoms with Crippen LogP contribution in [0.4, 0.5) is 0 Å². The number of pyridine rings is 2. The summed E-state index contributed by atoms with van der Waals surface area (Å²) in [5, 5.41) is 2.63. The molecule has 0 saturated heterocycles. The van der Waals surface area contributed by atoms with Crippen molar-refractivity contribution < 1.29 is 0 Å². The smallest absolute Gasteiger partial charge is 0.140 e. The first-order valence-electron chi connectivity index (χ1n) is 3.44. The molecule has 0 unspecified atom stereocenters. The number of nitrogens with zero attached hydrogens (tertiary/aromatic N) is 2. The van der Waals surface area contributed by atoms with Crippen LogP contribution in [0.15, 0.2) is 18.5 Å². The summed E-state index contributed by atoms with van der Waals surface area (Å²) >= 11 is 17.5. The Balaban J connectivity index is 2.94. The Hall–Kier alpha value is -0.570. The Kier molecular flexibility index (Phi) is 2.28. The summed E-state index contributed by atoms with van der Waals surface area (Å²) in [5.41, 5.74) is 0. The highest BCUT2D eigenvalue weighted by Gasteiger charge is 2.05. The van der Waals surface area contributed by atoms with Crippen molar-refractivity contribution in [3.63, 3.8) is 0 Å². The van der Waals surface area contributed by atoms with Crippen LogP contribution >= 0.6 is 34.8 Å². The van der Waals surface area contributed by atoms with Crippen LogP contribution < -0.4 is 0 Å². The van der Waals surface area contributed by atoms with E-state index in [4.69, 9.17) is 34.8 Å². The van der Waals surface area contributed by atoms with Crippen LogP contribution in [0.3, 0.4) is 0 Å². The van der Waals surface area contributed by atoms with Crippen LogP contribution in [0.2, 0.25) is 15.3 Å². The number of rotatable bonds is 0. The summed E-state index contributed by atoms with van der Waals surface area (Å²) in [7, 11) is 0. The van der Waals surface area contributed by atoms with Gasteiger partial charge in [-0.25, -0.2) is 4.98 Å². The Labute approximate surface area is 89.5 Å². The molecule has 2 aromatic rings. The second kappa shape index (κ2) is 3.29. The highest BCUT2D eigenvalue weighted by molar-refractivity contribution is 6.40. The Morgan fingerprint density at radius 2 is 1.77 bits per heavy atom. The predicted octanol–water partition coefficient (Wildman–Crippen LogP) is 3.59. The van der Waals surface area contributed by atoms with Crippen LogP contribution in [0.1, 0.15) is 0 Å². The molecule has 0 radical (unpaired) electrons. The molecule has 0 saturated carbocycles. The van der Waals surface area contributed by atoms with Crippen LogP contribution in [0.5, 0.6) is 0 Å². The first kappa shape index (κ1) is 9.00. The molecule has 0 aliphatic carbocycles. The highest BCUT2D eigenvalue weighted by atomic mass is 35.5. The highest BCUT2D eigenvalue weighted by Crippen LogP contribution is 2.28. The van der Waals surface area contributed by atoms with Crippen LogP contribution in [-0.4, -0.2) is 9.97 Å². The predicted molar refractivity (Wildman–Crippen MR) is 54.6 cm³/mol. The average molecular weight is 233 g/mol. The zero-order valence-corrected chi connectivity index (χ0v) is 8.53. The van der Waals surface area contributed by atoms with Gasteiger partial charge in [-0.05, 0) is 6.07 Å². The van der Waals surface area contributed by atoms with Crippen LogP contribution in [-0.2, 0) is 0 Å². The Morgan fingerprint density at radius 3 is 2.54 bits per heavy atom. The van der Waals surface area contributed by atoms with E-state index in [1.807, 2.05) is 0 Å². The van der Waals surface area contributed by atoms with Gasteiger partial charge in [0, 0.05) is 23.2 Å². The maximum Gasteiger partial charge on any atom is 0.140 e. The normalized spacial score (nSPS) is 10.7. The van der Waals surface area contributed by atoms with Gasteiger partial charge in [0.2, 0.25) is 0 Å². The molecular weight excluding hydrogens is 230 g/mol. The number of hydrogen-bond donors (Lipinski definition) is 0. The van der Waals surface area contributed by atoms with Gasteiger partial charge in [-0.1, -0.05) is 34.8 Å². The molecule has 0 amide bonds. The van der Waals surface area contributed by atoms with E-state index < -0.39 is 0 Å². The van der Waals surface area contributed by atoms with Crippen molar-refractivity contribution in [1.82, 2.24) is 9.97 Å². The van der Waals surface area contributed by atoms with Gasteiger partial charge in [0.15, 0.2) is 0 Å². The molecule has 0 spiro atoms. The largest absolute Gasteiger partial charge is 0.262 e. The maximum absolute atomic E-state index is 5.89. The summed E-state index contributed by atoms with van der Waals surface area (Å²) in [6, 6.07) is 1.66. The first-order valence-corrected chi connectivity index (χ1v) is 4.57. The van der Waals surface area contributed by atoms with E-state index in [0.717, 1.165) is 5.39 Å². The van der Waals surface area contributed by atoms with Crippen LogP contribution in [0, 0.1) is 0 Å². The van der Waals surface area contributed by atoms with Crippen molar-refractivity contribution in [3.05, 3.63) is 33.8 Å². The fourth-order valence-electron chi connectivity index (χ4n) is 1.06. The van der Waals surface area contributed by atoms with E-state index in [1.54, 1.807) is 12.3 Å². The van der Waals surface area contributed by atoms with Gasteiger partial charge >= 0.3 is 0 Å². The molecule has 2 heterocycles. The third kappa shape index (κ3) is 1.57. The minimum absolute atomic E-state index is 0.317. The van der Waals surface area contributed by atoms with Crippen LogP contribution in [0.25, 0.3) is 10.8 Å². The molecule has 0 atom stereocenters.